The van der Waals surface area contributed by atoms with E-state index in [1.807, 2.05) is 18.3 Å². The molecule has 0 aliphatic rings. The Kier molecular flexibility index (Phi) is 5.19. The summed E-state index contributed by atoms with van der Waals surface area (Å²) >= 11 is 0. The van der Waals surface area contributed by atoms with Gasteiger partial charge in [-0.2, -0.15) is 0 Å². The fourth-order valence-corrected chi connectivity index (χ4v) is 1.26. The van der Waals surface area contributed by atoms with Gasteiger partial charge in [-0.1, -0.05) is 13.0 Å². The van der Waals surface area contributed by atoms with Crippen LogP contribution in [0.15, 0.2) is 24.5 Å². The Balaban J connectivity index is 2.21. The van der Waals surface area contributed by atoms with Gasteiger partial charge >= 0.3 is 0 Å². The summed E-state index contributed by atoms with van der Waals surface area (Å²) in [7, 11) is 0. The van der Waals surface area contributed by atoms with Gasteiger partial charge in [-0.25, -0.2) is 0 Å². The summed E-state index contributed by atoms with van der Waals surface area (Å²) in [5.41, 5.74) is 1.18. The topological polar surface area (TPSA) is 45.1 Å². The predicted molar refractivity (Wildman–Crippen MR) is 56.8 cm³/mol. The van der Waals surface area contributed by atoms with E-state index in [0.717, 1.165) is 19.5 Å². The van der Waals surface area contributed by atoms with Crippen molar-refractivity contribution in [2.45, 2.75) is 19.9 Å². The SMILES string of the molecule is CCC(CO)CNCc1cccnc1. The standard InChI is InChI=1S/C11H18N2O/c1-2-10(9-14)6-13-8-11-4-3-5-12-7-11/h3-5,7,10,13-14H,2,6,8-9H2,1H3. The molecule has 0 bridgehead atoms. The Bertz CT molecular complexity index is 234. The number of nitrogens with zero attached hydrogens (tertiary/aromatic N) is 1. The first kappa shape index (κ1) is 11.1. The Hall–Kier alpha value is -0.930. The van der Waals surface area contributed by atoms with E-state index in [1.165, 1.54) is 5.56 Å². The summed E-state index contributed by atoms with van der Waals surface area (Å²) in [4.78, 5) is 4.03. The first-order valence-corrected chi connectivity index (χ1v) is 5.07. The first-order chi connectivity index (χ1) is 6.86. The normalized spacial score (nSPS) is 12.7. The van der Waals surface area contributed by atoms with E-state index in [0.29, 0.717) is 5.92 Å². The van der Waals surface area contributed by atoms with Gasteiger partial charge in [-0.05, 0) is 24.0 Å². The molecule has 0 fully saturated rings. The smallest absolute Gasteiger partial charge is 0.0471 e. The van der Waals surface area contributed by atoms with Crippen LogP contribution < -0.4 is 5.32 Å². The number of aromatic nitrogens is 1. The molecule has 0 aromatic carbocycles. The van der Waals surface area contributed by atoms with Crippen LogP contribution in [0.4, 0.5) is 0 Å². The molecule has 1 atom stereocenters. The molecular weight excluding hydrogens is 176 g/mol. The van der Waals surface area contributed by atoms with Crippen molar-refractivity contribution in [3.8, 4) is 0 Å². The minimum absolute atomic E-state index is 0.260. The lowest BCUT2D eigenvalue weighted by molar-refractivity contribution is 0.218. The van der Waals surface area contributed by atoms with Gasteiger partial charge in [0.1, 0.15) is 0 Å². The number of rotatable bonds is 6. The second-order valence-corrected chi connectivity index (χ2v) is 3.45. The molecule has 0 spiro atoms. The number of aliphatic hydroxyl groups is 1. The van der Waals surface area contributed by atoms with Crippen molar-refractivity contribution in [1.82, 2.24) is 10.3 Å². The van der Waals surface area contributed by atoms with E-state index >= 15 is 0 Å². The first-order valence-electron chi connectivity index (χ1n) is 5.07. The van der Waals surface area contributed by atoms with Gasteiger partial charge < -0.3 is 10.4 Å². The summed E-state index contributed by atoms with van der Waals surface area (Å²) in [5, 5.41) is 12.3. The Morgan fingerprint density at radius 1 is 1.57 bits per heavy atom. The highest BCUT2D eigenvalue weighted by molar-refractivity contribution is 5.07. The van der Waals surface area contributed by atoms with Crippen molar-refractivity contribution in [1.29, 1.82) is 0 Å². The molecule has 1 rings (SSSR count). The molecule has 3 heteroatoms. The molecule has 0 radical (unpaired) electrons. The Labute approximate surface area is 85.2 Å². The third-order valence-corrected chi connectivity index (χ3v) is 2.32. The van der Waals surface area contributed by atoms with Gasteiger partial charge in [-0.15, -0.1) is 0 Å². The highest BCUT2D eigenvalue weighted by Gasteiger charge is 2.02. The lowest BCUT2D eigenvalue weighted by atomic mass is 10.1. The lowest BCUT2D eigenvalue weighted by Gasteiger charge is -2.12. The second kappa shape index (κ2) is 6.51. The molecule has 78 valence electrons. The van der Waals surface area contributed by atoms with Crippen molar-refractivity contribution in [3.63, 3.8) is 0 Å². The molecule has 0 saturated carbocycles. The van der Waals surface area contributed by atoms with Gasteiger partial charge in [0.2, 0.25) is 0 Å². The van der Waals surface area contributed by atoms with E-state index < -0.39 is 0 Å². The highest BCUT2D eigenvalue weighted by Crippen LogP contribution is 2.00. The Morgan fingerprint density at radius 2 is 2.43 bits per heavy atom. The zero-order chi connectivity index (χ0) is 10.2. The second-order valence-electron chi connectivity index (χ2n) is 3.45. The van der Waals surface area contributed by atoms with E-state index in [4.69, 9.17) is 5.11 Å². The van der Waals surface area contributed by atoms with Crippen LogP contribution in [0.1, 0.15) is 18.9 Å². The fourth-order valence-electron chi connectivity index (χ4n) is 1.26. The van der Waals surface area contributed by atoms with Crippen molar-refractivity contribution in [2.24, 2.45) is 5.92 Å². The Morgan fingerprint density at radius 3 is 3.00 bits per heavy atom. The monoisotopic (exact) mass is 194 g/mol. The van der Waals surface area contributed by atoms with Gasteiger partial charge in [-0.3, -0.25) is 4.98 Å². The van der Waals surface area contributed by atoms with E-state index in [-0.39, 0.29) is 6.61 Å². The largest absolute Gasteiger partial charge is 0.396 e. The van der Waals surface area contributed by atoms with Crippen molar-refractivity contribution < 1.29 is 5.11 Å². The molecule has 2 N–H and O–H groups in total. The maximum atomic E-state index is 8.97. The van der Waals surface area contributed by atoms with E-state index in [2.05, 4.69) is 17.2 Å². The van der Waals surface area contributed by atoms with Crippen LogP contribution >= 0.6 is 0 Å². The number of hydrogen-bond donors (Lipinski definition) is 2. The van der Waals surface area contributed by atoms with Gasteiger partial charge in [0, 0.05) is 32.1 Å². The minimum Gasteiger partial charge on any atom is -0.396 e. The van der Waals surface area contributed by atoms with Gasteiger partial charge in [0.05, 0.1) is 0 Å². The predicted octanol–water partition coefficient (Wildman–Crippen LogP) is 1.19. The molecule has 1 aromatic rings. The van der Waals surface area contributed by atoms with Crippen LogP contribution in [0.5, 0.6) is 0 Å². The van der Waals surface area contributed by atoms with Gasteiger partial charge in [0.15, 0.2) is 0 Å². The van der Waals surface area contributed by atoms with Crippen molar-refractivity contribution in [3.05, 3.63) is 30.1 Å². The van der Waals surface area contributed by atoms with Crippen LogP contribution in [0.25, 0.3) is 0 Å². The van der Waals surface area contributed by atoms with Crippen LogP contribution in [0.3, 0.4) is 0 Å². The number of pyridine rings is 1. The zero-order valence-corrected chi connectivity index (χ0v) is 8.61. The van der Waals surface area contributed by atoms with Gasteiger partial charge in [0.25, 0.3) is 0 Å². The summed E-state index contributed by atoms with van der Waals surface area (Å²) in [6.45, 7) is 4.04. The maximum Gasteiger partial charge on any atom is 0.0471 e. The van der Waals surface area contributed by atoms with Crippen LogP contribution in [0, 0.1) is 5.92 Å². The molecule has 0 aliphatic carbocycles. The molecule has 1 unspecified atom stereocenters. The molecule has 1 heterocycles. The molecule has 14 heavy (non-hydrogen) atoms. The summed E-state index contributed by atoms with van der Waals surface area (Å²) < 4.78 is 0. The number of hydrogen-bond acceptors (Lipinski definition) is 3. The maximum absolute atomic E-state index is 8.97. The highest BCUT2D eigenvalue weighted by atomic mass is 16.3. The molecule has 0 amide bonds. The molecule has 0 aliphatic heterocycles. The van der Waals surface area contributed by atoms with Crippen molar-refractivity contribution in [2.75, 3.05) is 13.2 Å². The molecule has 0 saturated heterocycles. The minimum atomic E-state index is 0.260. The van der Waals surface area contributed by atoms with Crippen LogP contribution in [-0.2, 0) is 6.54 Å². The van der Waals surface area contributed by atoms with Crippen LogP contribution in [0.2, 0.25) is 0 Å². The van der Waals surface area contributed by atoms with Crippen molar-refractivity contribution >= 4 is 0 Å². The summed E-state index contributed by atoms with van der Waals surface area (Å²) in [5.74, 6) is 0.367. The number of nitrogens with one attached hydrogen (secondary N) is 1. The van der Waals surface area contributed by atoms with E-state index in [9.17, 15) is 0 Å². The zero-order valence-electron chi connectivity index (χ0n) is 8.61. The molecule has 3 nitrogen and oxygen atoms in total. The lowest BCUT2D eigenvalue weighted by Crippen LogP contribution is -2.24. The summed E-state index contributed by atoms with van der Waals surface area (Å²) in [6.07, 6.45) is 4.63. The summed E-state index contributed by atoms with van der Waals surface area (Å²) in [6, 6.07) is 3.97. The third kappa shape index (κ3) is 3.85. The quantitative estimate of drug-likeness (QED) is 0.715. The average Bonchev–Trinajstić information content (AvgIpc) is 2.26. The van der Waals surface area contributed by atoms with E-state index in [1.54, 1.807) is 6.20 Å². The molecule has 1 aromatic heterocycles. The van der Waals surface area contributed by atoms with Crippen LogP contribution in [-0.4, -0.2) is 23.2 Å². The third-order valence-electron chi connectivity index (χ3n) is 2.32. The fraction of sp³-hybridized carbons (Fsp3) is 0.545. The number of aliphatic hydroxyl groups excluding tert-OH is 1. The average molecular weight is 194 g/mol. The molecular formula is C11H18N2O.